The Morgan fingerprint density at radius 2 is 2.00 bits per heavy atom. The highest BCUT2D eigenvalue weighted by Crippen LogP contribution is 2.28. The number of ether oxygens (including phenoxy) is 1. The van der Waals surface area contributed by atoms with Crippen molar-refractivity contribution >= 4 is 11.8 Å². The Hall–Kier alpha value is -2.04. The van der Waals surface area contributed by atoms with E-state index < -0.39 is 0 Å². The number of hydrazine groups is 1. The van der Waals surface area contributed by atoms with Gasteiger partial charge in [0.15, 0.2) is 6.61 Å². The largest absolute Gasteiger partial charge is 0.483 e. The van der Waals surface area contributed by atoms with E-state index in [1.54, 1.807) is 0 Å². The molecule has 5 nitrogen and oxygen atoms in total. The third kappa shape index (κ3) is 4.48. The van der Waals surface area contributed by atoms with E-state index in [0.29, 0.717) is 11.7 Å². The van der Waals surface area contributed by atoms with Crippen molar-refractivity contribution in [3.8, 4) is 5.75 Å². The van der Waals surface area contributed by atoms with E-state index in [-0.39, 0.29) is 24.3 Å². The van der Waals surface area contributed by atoms with E-state index >= 15 is 0 Å². The lowest BCUT2D eigenvalue weighted by Gasteiger charge is -2.13. The molecule has 0 unspecified atom stereocenters. The molecular weight excluding hydrogens is 268 g/mol. The summed E-state index contributed by atoms with van der Waals surface area (Å²) in [6.07, 6.45) is 1.80. The van der Waals surface area contributed by atoms with Crippen molar-refractivity contribution in [2.45, 2.75) is 39.5 Å². The lowest BCUT2D eigenvalue weighted by atomic mass is 10.0. The Bertz CT molecular complexity index is 536. The van der Waals surface area contributed by atoms with E-state index in [2.05, 4.69) is 30.8 Å². The number of nitrogens with one attached hydrogen (secondary N) is 2. The van der Waals surface area contributed by atoms with E-state index in [4.69, 9.17) is 4.74 Å². The summed E-state index contributed by atoms with van der Waals surface area (Å²) in [5.41, 5.74) is 6.92. The summed E-state index contributed by atoms with van der Waals surface area (Å²) in [5.74, 6) is 0.681. The molecule has 0 aromatic heterocycles. The van der Waals surface area contributed by atoms with Crippen molar-refractivity contribution < 1.29 is 14.3 Å². The van der Waals surface area contributed by atoms with Crippen LogP contribution in [-0.2, 0) is 9.59 Å². The summed E-state index contributed by atoms with van der Waals surface area (Å²) in [5, 5.41) is 0. The maximum Gasteiger partial charge on any atom is 0.276 e. The summed E-state index contributed by atoms with van der Waals surface area (Å²) in [7, 11) is 0. The van der Waals surface area contributed by atoms with Crippen LogP contribution >= 0.6 is 0 Å². The minimum Gasteiger partial charge on any atom is -0.483 e. The smallest absolute Gasteiger partial charge is 0.276 e. The summed E-state index contributed by atoms with van der Waals surface area (Å²) in [6.45, 7) is 6.03. The van der Waals surface area contributed by atoms with Gasteiger partial charge in [0.25, 0.3) is 5.91 Å². The number of carbonyl (C=O) groups is 2. The number of amides is 2. The second kappa shape index (κ2) is 6.61. The Labute approximate surface area is 125 Å². The van der Waals surface area contributed by atoms with Crippen molar-refractivity contribution in [3.63, 3.8) is 0 Å². The average Bonchev–Trinajstić information content (AvgIpc) is 3.28. The summed E-state index contributed by atoms with van der Waals surface area (Å²) >= 11 is 0. The maximum atomic E-state index is 11.6. The quantitative estimate of drug-likeness (QED) is 0.816. The van der Waals surface area contributed by atoms with Crippen LogP contribution in [0.3, 0.4) is 0 Å². The van der Waals surface area contributed by atoms with Gasteiger partial charge in [0.1, 0.15) is 5.75 Å². The topological polar surface area (TPSA) is 67.4 Å². The molecule has 1 fully saturated rings. The molecule has 21 heavy (non-hydrogen) atoms. The SMILES string of the molecule is Cc1ccc(C(C)C)cc1OCC(=O)NNC(=O)C1CC1. The first kappa shape index (κ1) is 15.4. The van der Waals surface area contributed by atoms with Crippen LogP contribution in [-0.4, -0.2) is 18.4 Å². The fourth-order valence-corrected chi connectivity index (χ4v) is 1.89. The van der Waals surface area contributed by atoms with E-state index in [0.717, 1.165) is 24.0 Å². The van der Waals surface area contributed by atoms with Crippen LogP contribution in [0.4, 0.5) is 0 Å². The third-order valence-corrected chi connectivity index (χ3v) is 3.51. The number of aryl methyl sites for hydroxylation is 1. The molecule has 114 valence electrons. The molecule has 2 N–H and O–H groups in total. The molecule has 0 spiro atoms. The van der Waals surface area contributed by atoms with Crippen LogP contribution < -0.4 is 15.6 Å². The van der Waals surface area contributed by atoms with Gasteiger partial charge < -0.3 is 4.74 Å². The second-order valence-corrected chi connectivity index (χ2v) is 5.78. The summed E-state index contributed by atoms with van der Waals surface area (Å²) < 4.78 is 5.53. The number of hydrogen-bond acceptors (Lipinski definition) is 3. The van der Waals surface area contributed by atoms with Crippen LogP contribution in [0.15, 0.2) is 18.2 Å². The van der Waals surface area contributed by atoms with Crippen molar-refractivity contribution in [2.75, 3.05) is 6.61 Å². The van der Waals surface area contributed by atoms with Gasteiger partial charge in [-0.3, -0.25) is 20.4 Å². The van der Waals surface area contributed by atoms with Crippen molar-refractivity contribution in [2.24, 2.45) is 5.92 Å². The number of carbonyl (C=O) groups excluding carboxylic acids is 2. The van der Waals surface area contributed by atoms with Crippen molar-refractivity contribution in [1.82, 2.24) is 10.9 Å². The molecule has 0 atom stereocenters. The Kier molecular flexibility index (Phi) is 4.83. The van der Waals surface area contributed by atoms with E-state index in [1.165, 1.54) is 0 Å². The van der Waals surface area contributed by atoms with E-state index in [9.17, 15) is 9.59 Å². The zero-order valence-corrected chi connectivity index (χ0v) is 12.7. The molecule has 2 rings (SSSR count). The first-order valence-electron chi connectivity index (χ1n) is 7.29. The van der Waals surface area contributed by atoms with Gasteiger partial charge in [0, 0.05) is 5.92 Å². The van der Waals surface area contributed by atoms with Gasteiger partial charge in [-0.15, -0.1) is 0 Å². The fourth-order valence-electron chi connectivity index (χ4n) is 1.89. The minimum absolute atomic E-state index is 0.0659. The lowest BCUT2D eigenvalue weighted by molar-refractivity contribution is -0.130. The maximum absolute atomic E-state index is 11.6. The first-order valence-corrected chi connectivity index (χ1v) is 7.29. The standard InChI is InChI=1S/C16H22N2O3/c1-10(2)13-5-4-11(3)14(8-13)21-9-15(19)17-18-16(20)12-6-7-12/h4-5,8,10,12H,6-7,9H2,1-3H3,(H,17,19)(H,18,20). The summed E-state index contributed by atoms with van der Waals surface area (Å²) in [6, 6.07) is 6.00. The third-order valence-electron chi connectivity index (χ3n) is 3.51. The lowest BCUT2D eigenvalue weighted by Crippen LogP contribution is -2.44. The molecule has 1 aliphatic rings. The van der Waals surface area contributed by atoms with Crippen LogP contribution in [0.2, 0.25) is 0 Å². The molecule has 0 radical (unpaired) electrons. The molecule has 0 heterocycles. The molecule has 0 bridgehead atoms. The highest BCUT2D eigenvalue weighted by molar-refractivity contribution is 5.85. The van der Waals surface area contributed by atoms with Gasteiger partial charge in [-0.2, -0.15) is 0 Å². The molecule has 0 saturated heterocycles. The molecule has 1 saturated carbocycles. The Balaban J connectivity index is 1.82. The van der Waals surface area contributed by atoms with Gasteiger partial charge in [0.05, 0.1) is 0 Å². The van der Waals surface area contributed by atoms with Crippen molar-refractivity contribution in [1.29, 1.82) is 0 Å². The first-order chi connectivity index (χ1) is 9.97. The number of benzene rings is 1. The zero-order valence-electron chi connectivity index (χ0n) is 12.7. The molecule has 0 aliphatic heterocycles. The van der Waals surface area contributed by atoms with Crippen LogP contribution in [0, 0.1) is 12.8 Å². The van der Waals surface area contributed by atoms with E-state index in [1.807, 2.05) is 19.1 Å². The van der Waals surface area contributed by atoms with Gasteiger partial charge in [0.2, 0.25) is 5.91 Å². The highest BCUT2D eigenvalue weighted by atomic mass is 16.5. The average molecular weight is 290 g/mol. The molecule has 5 heteroatoms. The molecule has 1 aromatic rings. The molecule has 2 amide bonds. The van der Waals surface area contributed by atoms with Crippen LogP contribution in [0.25, 0.3) is 0 Å². The molecular formula is C16H22N2O3. The predicted molar refractivity (Wildman–Crippen MR) is 79.8 cm³/mol. The van der Waals surface area contributed by atoms with Gasteiger partial charge in [-0.05, 0) is 42.9 Å². The van der Waals surface area contributed by atoms with Gasteiger partial charge in [-0.1, -0.05) is 26.0 Å². The van der Waals surface area contributed by atoms with Gasteiger partial charge in [-0.25, -0.2) is 0 Å². The Morgan fingerprint density at radius 3 is 2.62 bits per heavy atom. The Morgan fingerprint density at radius 1 is 1.29 bits per heavy atom. The second-order valence-electron chi connectivity index (χ2n) is 5.78. The monoisotopic (exact) mass is 290 g/mol. The predicted octanol–water partition coefficient (Wildman–Crippen LogP) is 2.05. The molecule has 1 aliphatic carbocycles. The van der Waals surface area contributed by atoms with Crippen LogP contribution in [0.1, 0.15) is 43.7 Å². The minimum atomic E-state index is -0.363. The number of rotatable bonds is 5. The van der Waals surface area contributed by atoms with Crippen LogP contribution in [0.5, 0.6) is 5.75 Å². The zero-order chi connectivity index (χ0) is 15.4. The van der Waals surface area contributed by atoms with Gasteiger partial charge >= 0.3 is 0 Å². The summed E-state index contributed by atoms with van der Waals surface area (Å²) in [4.78, 5) is 23.0. The molecule has 1 aromatic carbocycles. The fraction of sp³-hybridized carbons (Fsp3) is 0.500. The normalized spacial score (nSPS) is 13.9. The van der Waals surface area contributed by atoms with Crippen molar-refractivity contribution in [3.05, 3.63) is 29.3 Å². The highest BCUT2D eigenvalue weighted by Gasteiger charge is 2.29. The number of hydrogen-bond donors (Lipinski definition) is 2.